The van der Waals surface area contributed by atoms with Gasteiger partial charge < -0.3 is 19.9 Å². The van der Waals surface area contributed by atoms with E-state index < -0.39 is 0 Å². The highest BCUT2D eigenvalue weighted by atomic mass is 16.5. The largest absolute Gasteiger partial charge is 0.383 e. The van der Waals surface area contributed by atoms with Gasteiger partial charge in [0.15, 0.2) is 0 Å². The number of ether oxygens (including phenoxy) is 1. The van der Waals surface area contributed by atoms with Crippen LogP contribution in [0.15, 0.2) is 12.4 Å². The molecule has 0 unspecified atom stereocenters. The topological polar surface area (TPSA) is 105 Å². The van der Waals surface area contributed by atoms with Crippen molar-refractivity contribution in [1.29, 1.82) is 0 Å². The number of likely N-dealkylation sites (tertiary alicyclic amines) is 1. The summed E-state index contributed by atoms with van der Waals surface area (Å²) in [6, 6.07) is 0. The van der Waals surface area contributed by atoms with Crippen LogP contribution in [0, 0.1) is 6.92 Å². The maximum absolute atomic E-state index is 13.1. The molecular formula is C21H31N7O3. The van der Waals surface area contributed by atoms with E-state index in [0.29, 0.717) is 49.0 Å². The van der Waals surface area contributed by atoms with Crippen molar-refractivity contribution >= 4 is 17.8 Å². The van der Waals surface area contributed by atoms with Crippen molar-refractivity contribution in [3.63, 3.8) is 0 Å². The molecular weight excluding hydrogens is 398 g/mol. The number of aryl methyl sites for hydroxylation is 1. The van der Waals surface area contributed by atoms with Gasteiger partial charge in [-0.25, -0.2) is 9.97 Å². The number of nitrogens with zero attached hydrogens (tertiary/aromatic N) is 6. The number of carbonyl (C=O) groups is 2. The first-order chi connectivity index (χ1) is 14.9. The molecule has 1 aliphatic heterocycles. The van der Waals surface area contributed by atoms with Crippen molar-refractivity contribution < 1.29 is 14.3 Å². The van der Waals surface area contributed by atoms with Gasteiger partial charge in [0.05, 0.1) is 29.6 Å². The third-order valence-corrected chi connectivity index (χ3v) is 5.54. The van der Waals surface area contributed by atoms with Gasteiger partial charge in [-0.1, -0.05) is 0 Å². The van der Waals surface area contributed by atoms with Gasteiger partial charge in [-0.05, 0) is 20.3 Å². The lowest BCUT2D eigenvalue weighted by atomic mass is 9.99. The van der Waals surface area contributed by atoms with Crippen LogP contribution >= 0.6 is 0 Å². The first-order valence-electron chi connectivity index (χ1n) is 10.5. The SMILES string of the molecule is CCn1ncc(C(=O)N2CC[C@H](c3nc(N(C)C)ncc3C(=O)NCCOC)C2)c1C. The van der Waals surface area contributed by atoms with Crippen molar-refractivity contribution in [1.82, 2.24) is 30.0 Å². The number of hydrogen-bond donors (Lipinski definition) is 1. The molecule has 2 aromatic heterocycles. The molecule has 0 radical (unpaired) electrons. The van der Waals surface area contributed by atoms with E-state index in [1.807, 2.05) is 37.5 Å². The highest BCUT2D eigenvalue weighted by molar-refractivity contribution is 5.96. The number of rotatable bonds is 8. The van der Waals surface area contributed by atoms with Gasteiger partial charge in [-0.2, -0.15) is 5.10 Å². The average Bonchev–Trinajstić information content (AvgIpc) is 3.39. The Morgan fingerprint density at radius 2 is 2.06 bits per heavy atom. The van der Waals surface area contributed by atoms with Gasteiger partial charge in [0.1, 0.15) is 0 Å². The summed E-state index contributed by atoms with van der Waals surface area (Å²) in [5, 5.41) is 7.13. The quantitative estimate of drug-likeness (QED) is 0.626. The predicted molar refractivity (Wildman–Crippen MR) is 116 cm³/mol. The summed E-state index contributed by atoms with van der Waals surface area (Å²) in [5.41, 5.74) is 2.60. The lowest BCUT2D eigenvalue weighted by Crippen LogP contribution is -2.31. The average molecular weight is 430 g/mol. The summed E-state index contributed by atoms with van der Waals surface area (Å²) in [6.07, 6.45) is 3.94. The van der Waals surface area contributed by atoms with E-state index in [0.717, 1.165) is 18.7 Å². The van der Waals surface area contributed by atoms with E-state index in [9.17, 15) is 9.59 Å². The number of nitrogens with one attached hydrogen (secondary N) is 1. The van der Waals surface area contributed by atoms with Gasteiger partial charge in [0.25, 0.3) is 11.8 Å². The van der Waals surface area contributed by atoms with Crippen LogP contribution in [-0.4, -0.2) is 83.9 Å². The van der Waals surface area contributed by atoms with Gasteiger partial charge in [0.2, 0.25) is 5.95 Å². The highest BCUT2D eigenvalue weighted by Gasteiger charge is 2.33. The van der Waals surface area contributed by atoms with Gasteiger partial charge >= 0.3 is 0 Å². The minimum atomic E-state index is -0.234. The van der Waals surface area contributed by atoms with E-state index in [1.165, 1.54) is 0 Å². The molecule has 1 aliphatic rings. The molecule has 1 fully saturated rings. The monoisotopic (exact) mass is 429 g/mol. The molecule has 10 nitrogen and oxygen atoms in total. The Morgan fingerprint density at radius 3 is 2.71 bits per heavy atom. The molecule has 3 heterocycles. The van der Waals surface area contributed by atoms with Crippen LogP contribution < -0.4 is 10.2 Å². The zero-order chi connectivity index (χ0) is 22.5. The fourth-order valence-corrected chi connectivity index (χ4v) is 3.76. The molecule has 168 valence electrons. The zero-order valence-corrected chi connectivity index (χ0v) is 18.9. The van der Waals surface area contributed by atoms with Crippen molar-refractivity contribution in [3.8, 4) is 0 Å². The zero-order valence-electron chi connectivity index (χ0n) is 18.9. The molecule has 2 aromatic rings. The van der Waals surface area contributed by atoms with Crippen molar-refractivity contribution in [2.24, 2.45) is 0 Å². The second-order valence-electron chi connectivity index (χ2n) is 7.81. The summed E-state index contributed by atoms with van der Waals surface area (Å²) >= 11 is 0. The van der Waals surface area contributed by atoms with E-state index in [2.05, 4.69) is 20.4 Å². The van der Waals surface area contributed by atoms with Crippen molar-refractivity contribution in [2.75, 3.05) is 52.3 Å². The lowest BCUT2D eigenvalue weighted by Gasteiger charge is -2.19. The lowest BCUT2D eigenvalue weighted by molar-refractivity contribution is 0.0789. The fraction of sp³-hybridized carbons (Fsp3) is 0.571. The second kappa shape index (κ2) is 9.86. The van der Waals surface area contributed by atoms with Crippen LogP contribution in [0.5, 0.6) is 0 Å². The number of hydrogen-bond acceptors (Lipinski definition) is 7. The predicted octanol–water partition coefficient (Wildman–Crippen LogP) is 1.07. The normalized spacial score (nSPS) is 15.9. The number of amides is 2. The molecule has 0 aromatic carbocycles. The van der Waals surface area contributed by atoms with E-state index >= 15 is 0 Å². The molecule has 1 atom stereocenters. The smallest absolute Gasteiger partial charge is 0.257 e. The Hall–Kier alpha value is -3.01. The molecule has 2 amide bonds. The second-order valence-corrected chi connectivity index (χ2v) is 7.81. The highest BCUT2D eigenvalue weighted by Crippen LogP contribution is 2.30. The van der Waals surface area contributed by atoms with Crippen LogP contribution in [0.1, 0.15) is 51.4 Å². The number of anilines is 1. The maximum Gasteiger partial charge on any atom is 0.257 e. The molecule has 31 heavy (non-hydrogen) atoms. The molecule has 1 saturated heterocycles. The molecule has 0 bridgehead atoms. The van der Waals surface area contributed by atoms with E-state index in [-0.39, 0.29) is 17.7 Å². The summed E-state index contributed by atoms with van der Waals surface area (Å²) in [7, 11) is 5.30. The van der Waals surface area contributed by atoms with Gasteiger partial charge in [0, 0.05) is 65.2 Å². The number of methoxy groups -OCH3 is 1. The third kappa shape index (κ3) is 4.84. The standard InChI is InChI=1S/C21H31N7O3/c1-6-28-14(2)16(12-24-28)20(30)27-9-7-15(13-27)18-17(19(29)22-8-10-31-5)11-23-21(25-18)26(3)4/h11-12,15H,6-10,13H2,1-5H3,(H,22,29)/t15-/m0/s1. The molecule has 3 rings (SSSR count). The van der Waals surface area contributed by atoms with Crippen molar-refractivity contribution in [2.45, 2.75) is 32.7 Å². The van der Waals surface area contributed by atoms with Crippen molar-refractivity contribution in [3.05, 3.63) is 34.9 Å². The van der Waals surface area contributed by atoms with Crippen LogP contribution in [-0.2, 0) is 11.3 Å². The molecule has 0 spiro atoms. The molecule has 1 N–H and O–H groups in total. The first kappa shape index (κ1) is 22.7. The minimum Gasteiger partial charge on any atom is -0.383 e. The maximum atomic E-state index is 13.1. The summed E-state index contributed by atoms with van der Waals surface area (Å²) in [5.74, 6) is 0.221. The Balaban J connectivity index is 1.82. The number of carbonyl (C=O) groups excluding carboxylic acids is 2. The number of aromatic nitrogens is 4. The van der Waals surface area contributed by atoms with Crippen LogP contribution in [0.3, 0.4) is 0 Å². The van der Waals surface area contributed by atoms with Crippen LogP contribution in [0.25, 0.3) is 0 Å². The van der Waals surface area contributed by atoms with Crippen LogP contribution in [0.2, 0.25) is 0 Å². The Bertz CT molecular complexity index is 941. The first-order valence-corrected chi connectivity index (χ1v) is 10.5. The Morgan fingerprint density at radius 1 is 1.29 bits per heavy atom. The summed E-state index contributed by atoms with van der Waals surface area (Å²) < 4.78 is 6.82. The summed E-state index contributed by atoms with van der Waals surface area (Å²) in [4.78, 5) is 38.4. The third-order valence-electron chi connectivity index (χ3n) is 5.54. The Kier molecular flexibility index (Phi) is 7.21. The minimum absolute atomic E-state index is 0.0346. The molecule has 0 saturated carbocycles. The fourth-order valence-electron chi connectivity index (χ4n) is 3.76. The molecule has 10 heteroatoms. The Labute approximate surface area is 182 Å². The van der Waals surface area contributed by atoms with Gasteiger partial charge in [-0.3, -0.25) is 14.3 Å². The van der Waals surface area contributed by atoms with E-state index in [4.69, 9.17) is 4.74 Å². The van der Waals surface area contributed by atoms with Crippen LogP contribution in [0.4, 0.5) is 5.95 Å². The molecule has 0 aliphatic carbocycles. The summed E-state index contributed by atoms with van der Waals surface area (Å²) in [6.45, 7) is 6.56. The van der Waals surface area contributed by atoms with Gasteiger partial charge in [-0.15, -0.1) is 0 Å². The van der Waals surface area contributed by atoms with E-state index in [1.54, 1.807) is 24.4 Å².